The highest BCUT2D eigenvalue weighted by molar-refractivity contribution is 5.44. The molecule has 0 bridgehead atoms. The van der Waals surface area contributed by atoms with Crippen LogP contribution in [0.5, 0.6) is 0 Å². The van der Waals surface area contributed by atoms with E-state index in [2.05, 4.69) is 23.7 Å². The lowest BCUT2D eigenvalue weighted by Crippen LogP contribution is -2.26. The van der Waals surface area contributed by atoms with Gasteiger partial charge in [0.15, 0.2) is 0 Å². The summed E-state index contributed by atoms with van der Waals surface area (Å²) in [7, 11) is 0. The van der Waals surface area contributed by atoms with Crippen molar-refractivity contribution in [2.45, 2.75) is 46.6 Å². The van der Waals surface area contributed by atoms with Crippen molar-refractivity contribution in [2.24, 2.45) is 5.41 Å². The molecule has 1 aromatic heterocycles. The molecule has 3 nitrogen and oxygen atoms in total. The largest absolute Gasteiger partial charge is 0.392 e. The van der Waals surface area contributed by atoms with E-state index in [0.717, 1.165) is 30.2 Å². The molecule has 18 heavy (non-hydrogen) atoms. The molecule has 2 rings (SSSR count). The van der Waals surface area contributed by atoms with Crippen LogP contribution in [0.25, 0.3) is 0 Å². The van der Waals surface area contributed by atoms with Crippen molar-refractivity contribution < 1.29 is 5.11 Å². The van der Waals surface area contributed by atoms with Crippen molar-refractivity contribution in [2.75, 3.05) is 18.0 Å². The Labute approximate surface area is 110 Å². The fourth-order valence-corrected chi connectivity index (χ4v) is 2.93. The minimum Gasteiger partial charge on any atom is -0.392 e. The number of anilines is 1. The molecule has 0 amide bonds. The van der Waals surface area contributed by atoms with Crippen LogP contribution in [0.2, 0.25) is 0 Å². The van der Waals surface area contributed by atoms with E-state index in [-0.39, 0.29) is 6.61 Å². The summed E-state index contributed by atoms with van der Waals surface area (Å²) in [4.78, 5) is 6.99. The molecule has 1 aliphatic rings. The van der Waals surface area contributed by atoms with Crippen molar-refractivity contribution in [3.8, 4) is 0 Å². The second-order valence-electron chi connectivity index (χ2n) is 5.51. The number of rotatable bonds is 4. The van der Waals surface area contributed by atoms with Gasteiger partial charge in [-0.05, 0) is 49.3 Å². The van der Waals surface area contributed by atoms with E-state index >= 15 is 0 Å². The SMILES string of the molecule is CCC1(CC)CCN(c2cc(CO)cc(C)n2)C1. The quantitative estimate of drug-likeness (QED) is 0.890. The molecule has 0 saturated carbocycles. The van der Waals surface area contributed by atoms with Gasteiger partial charge in [-0.15, -0.1) is 0 Å². The van der Waals surface area contributed by atoms with E-state index in [0.29, 0.717) is 5.41 Å². The van der Waals surface area contributed by atoms with E-state index < -0.39 is 0 Å². The molecular weight excluding hydrogens is 224 g/mol. The maximum atomic E-state index is 9.28. The van der Waals surface area contributed by atoms with Gasteiger partial charge in [0.05, 0.1) is 6.61 Å². The summed E-state index contributed by atoms with van der Waals surface area (Å²) in [6.45, 7) is 8.85. The van der Waals surface area contributed by atoms with Crippen molar-refractivity contribution in [1.29, 1.82) is 0 Å². The van der Waals surface area contributed by atoms with Crippen molar-refractivity contribution in [3.63, 3.8) is 0 Å². The van der Waals surface area contributed by atoms with Gasteiger partial charge in [-0.3, -0.25) is 0 Å². The summed E-state index contributed by atoms with van der Waals surface area (Å²) < 4.78 is 0. The summed E-state index contributed by atoms with van der Waals surface area (Å²) in [6.07, 6.45) is 3.72. The standard InChI is InChI=1S/C15H24N2O/c1-4-15(5-2)6-7-17(11-15)14-9-13(10-18)8-12(3)16-14/h8-9,18H,4-7,10-11H2,1-3H3. The maximum absolute atomic E-state index is 9.28. The number of nitrogens with zero attached hydrogens (tertiary/aromatic N) is 2. The molecule has 1 aliphatic heterocycles. The molecule has 2 heterocycles. The molecule has 1 aromatic rings. The first kappa shape index (κ1) is 13.3. The predicted molar refractivity (Wildman–Crippen MR) is 74.7 cm³/mol. The molecule has 1 N–H and O–H groups in total. The Morgan fingerprint density at radius 3 is 2.61 bits per heavy atom. The van der Waals surface area contributed by atoms with Crippen LogP contribution in [0, 0.1) is 12.3 Å². The van der Waals surface area contributed by atoms with Gasteiger partial charge in [-0.1, -0.05) is 13.8 Å². The van der Waals surface area contributed by atoms with Gasteiger partial charge >= 0.3 is 0 Å². The van der Waals surface area contributed by atoms with E-state index in [1.165, 1.54) is 19.3 Å². The smallest absolute Gasteiger partial charge is 0.129 e. The average Bonchev–Trinajstić information content (AvgIpc) is 2.83. The Kier molecular flexibility index (Phi) is 3.91. The third-order valence-corrected chi connectivity index (χ3v) is 4.44. The van der Waals surface area contributed by atoms with Crippen LogP contribution in [-0.2, 0) is 6.61 Å². The Hall–Kier alpha value is -1.09. The second-order valence-corrected chi connectivity index (χ2v) is 5.51. The van der Waals surface area contributed by atoms with Gasteiger partial charge in [-0.2, -0.15) is 0 Å². The van der Waals surface area contributed by atoms with Crippen LogP contribution >= 0.6 is 0 Å². The lowest BCUT2D eigenvalue weighted by Gasteiger charge is -2.27. The first-order chi connectivity index (χ1) is 8.62. The molecule has 0 aliphatic carbocycles. The molecule has 0 spiro atoms. The highest BCUT2D eigenvalue weighted by Crippen LogP contribution is 2.38. The normalized spacial score (nSPS) is 18.3. The maximum Gasteiger partial charge on any atom is 0.129 e. The Balaban J connectivity index is 2.21. The highest BCUT2D eigenvalue weighted by atomic mass is 16.3. The van der Waals surface area contributed by atoms with Crippen molar-refractivity contribution in [1.82, 2.24) is 4.98 Å². The van der Waals surface area contributed by atoms with E-state index in [1.807, 2.05) is 19.1 Å². The van der Waals surface area contributed by atoms with Crippen LogP contribution < -0.4 is 4.90 Å². The lowest BCUT2D eigenvalue weighted by atomic mass is 9.82. The third kappa shape index (κ3) is 2.51. The Morgan fingerprint density at radius 2 is 2.06 bits per heavy atom. The summed E-state index contributed by atoms with van der Waals surface area (Å²) >= 11 is 0. The molecule has 100 valence electrons. The molecule has 3 heteroatoms. The van der Waals surface area contributed by atoms with Gasteiger partial charge in [0.1, 0.15) is 5.82 Å². The van der Waals surface area contributed by atoms with Crippen molar-refractivity contribution >= 4 is 5.82 Å². The van der Waals surface area contributed by atoms with Gasteiger partial charge in [-0.25, -0.2) is 4.98 Å². The number of pyridine rings is 1. The topological polar surface area (TPSA) is 36.4 Å². The monoisotopic (exact) mass is 248 g/mol. The second kappa shape index (κ2) is 5.27. The predicted octanol–water partition coefficient (Wildman–Crippen LogP) is 2.90. The minimum atomic E-state index is 0.0941. The molecule has 1 fully saturated rings. The average molecular weight is 248 g/mol. The summed E-state index contributed by atoms with van der Waals surface area (Å²) in [5, 5.41) is 9.28. The fraction of sp³-hybridized carbons (Fsp3) is 0.667. The molecule has 0 atom stereocenters. The Morgan fingerprint density at radius 1 is 1.33 bits per heavy atom. The number of aromatic nitrogens is 1. The molecule has 0 unspecified atom stereocenters. The summed E-state index contributed by atoms with van der Waals surface area (Å²) in [6, 6.07) is 3.97. The number of hydrogen-bond acceptors (Lipinski definition) is 3. The molecule has 1 saturated heterocycles. The number of aliphatic hydroxyl groups excluding tert-OH is 1. The van der Waals surface area contributed by atoms with Crippen LogP contribution in [0.4, 0.5) is 5.82 Å². The fourth-order valence-electron chi connectivity index (χ4n) is 2.93. The van der Waals surface area contributed by atoms with E-state index in [9.17, 15) is 5.11 Å². The van der Waals surface area contributed by atoms with Crippen molar-refractivity contribution in [3.05, 3.63) is 23.4 Å². The zero-order valence-corrected chi connectivity index (χ0v) is 11.7. The van der Waals surface area contributed by atoms with E-state index in [4.69, 9.17) is 0 Å². The number of hydrogen-bond donors (Lipinski definition) is 1. The minimum absolute atomic E-state index is 0.0941. The highest BCUT2D eigenvalue weighted by Gasteiger charge is 2.35. The van der Waals surface area contributed by atoms with Crippen LogP contribution in [0.3, 0.4) is 0 Å². The van der Waals surface area contributed by atoms with Crippen LogP contribution in [0.1, 0.15) is 44.4 Å². The zero-order valence-electron chi connectivity index (χ0n) is 11.7. The summed E-state index contributed by atoms with van der Waals surface area (Å²) in [5.41, 5.74) is 2.41. The number of aryl methyl sites for hydroxylation is 1. The number of aliphatic hydroxyl groups is 1. The molecule has 0 aromatic carbocycles. The first-order valence-electron chi connectivity index (χ1n) is 6.96. The van der Waals surface area contributed by atoms with Crippen LogP contribution in [0.15, 0.2) is 12.1 Å². The molecule has 0 radical (unpaired) electrons. The molecular formula is C15H24N2O. The Bertz CT molecular complexity index is 413. The summed E-state index contributed by atoms with van der Waals surface area (Å²) in [5.74, 6) is 1.03. The van der Waals surface area contributed by atoms with Gasteiger partial charge in [0, 0.05) is 18.8 Å². The van der Waals surface area contributed by atoms with Gasteiger partial charge in [0.25, 0.3) is 0 Å². The van der Waals surface area contributed by atoms with Gasteiger partial charge in [0.2, 0.25) is 0 Å². The van der Waals surface area contributed by atoms with E-state index in [1.54, 1.807) is 0 Å². The third-order valence-electron chi connectivity index (χ3n) is 4.44. The van der Waals surface area contributed by atoms with Crippen LogP contribution in [-0.4, -0.2) is 23.2 Å². The van der Waals surface area contributed by atoms with Gasteiger partial charge < -0.3 is 10.0 Å². The first-order valence-corrected chi connectivity index (χ1v) is 6.96. The lowest BCUT2D eigenvalue weighted by molar-refractivity contribution is 0.281. The zero-order chi connectivity index (χ0) is 13.2.